The van der Waals surface area contributed by atoms with Crippen molar-refractivity contribution in [2.24, 2.45) is 0 Å². The summed E-state index contributed by atoms with van der Waals surface area (Å²) in [5.41, 5.74) is 0. The zero-order valence-corrected chi connectivity index (χ0v) is 13.0. The minimum absolute atomic E-state index is 1.05. The van der Waals surface area contributed by atoms with E-state index in [2.05, 4.69) is 68.6 Å². The Labute approximate surface area is 104 Å². The molecule has 0 spiro atoms. The molecule has 0 heterocycles. The second-order valence-corrected chi connectivity index (χ2v) is 4.58. The van der Waals surface area contributed by atoms with Crippen LogP contribution >= 0.6 is 0 Å². The molecule has 0 saturated carbocycles. The van der Waals surface area contributed by atoms with Crippen molar-refractivity contribution in [2.45, 2.75) is 27.7 Å². The third kappa shape index (κ3) is 3.86. The molecule has 0 atom stereocenters. The van der Waals surface area contributed by atoms with Gasteiger partial charge in [-0.3, -0.25) is 0 Å². The average molecular weight is 326 g/mol. The maximum absolute atomic E-state index is 3.16. The standard InChI is InChI=1S/C10H20N2Se2/c1-5-11(6-2)9(13)10(14)12(7-3)8-4/h5-8H2,1-4H3. The van der Waals surface area contributed by atoms with E-state index in [1.807, 2.05) is 0 Å². The van der Waals surface area contributed by atoms with Crippen molar-refractivity contribution in [3.63, 3.8) is 0 Å². The van der Waals surface area contributed by atoms with Crippen LogP contribution in [0.25, 0.3) is 0 Å². The van der Waals surface area contributed by atoms with Gasteiger partial charge in [0.25, 0.3) is 0 Å². The van der Waals surface area contributed by atoms with Gasteiger partial charge in [0.1, 0.15) is 0 Å². The molecule has 4 heteroatoms. The van der Waals surface area contributed by atoms with Crippen LogP contribution in [0.15, 0.2) is 0 Å². The predicted molar refractivity (Wildman–Crippen MR) is 67.4 cm³/mol. The van der Waals surface area contributed by atoms with E-state index in [-0.39, 0.29) is 0 Å². The van der Waals surface area contributed by atoms with Gasteiger partial charge in [0, 0.05) is 0 Å². The van der Waals surface area contributed by atoms with Crippen LogP contribution in [-0.2, 0) is 0 Å². The van der Waals surface area contributed by atoms with E-state index in [0.29, 0.717) is 0 Å². The molecule has 0 radical (unpaired) electrons. The van der Waals surface area contributed by atoms with E-state index in [4.69, 9.17) is 0 Å². The molecular formula is C10H20N2Se2. The van der Waals surface area contributed by atoms with Gasteiger partial charge in [-0.05, 0) is 0 Å². The van der Waals surface area contributed by atoms with Gasteiger partial charge in [0.05, 0.1) is 0 Å². The molecule has 0 rings (SSSR count). The van der Waals surface area contributed by atoms with Gasteiger partial charge in [-0.2, -0.15) is 0 Å². The molecular weight excluding hydrogens is 306 g/mol. The number of likely N-dealkylation sites (N-methyl/N-ethyl adjacent to an activating group) is 2. The zero-order valence-electron chi connectivity index (χ0n) is 9.54. The first kappa shape index (κ1) is 14.4. The van der Waals surface area contributed by atoms with Gasteiger partial charge in [-0.25, -0.2) is 0 Å². The number of nitrogens with zero attached hydrogens (tertiary/aromatic N) is 2. The first-order chi connectivity index (χ1) is 6.62. The molecule has 0 aromatic rings. The molecule has 0 aliphatic heterocycles. The molecule has 0 aromatic carbocycles. The fourth-order valence-corrected chi connectivity index (χ4v) is 2.92. The Hall–Kier alpha value is 0.379. The van der Waals surface area contributed by atoms with E-state index < -0.39 is 0 Å². The quantitative estimate of drug-likeness (QED) is 0.620. The van der Waals surface area contributed by atoms with E-state index in [9.17, 15) is 0 Å². The second kappa shape index (κ2) is 7.64. The third-order valence-electron chi connectivity index (χ3n) is 2.28. The van der Waals surface area contributed by atoms with E-state index in [1.54, 1.807) is 0 Å². The van der Waals surface area contributed by atoms with Crippen LogP contribution < -0.4 is 0 Å². The average Bonchev–Trinajstić information content (AvgIpc) is 2.21. The fourth-order valence-electron chi connectivity index (χ4n) is 1.29. The third-order valence-corrected chi connectivity index (χ3v) is 4.83. The van der Waals surface area contributed by atoms with Crippen molar-refractivity contribution in [2.75, 3.05) is 26.2 Å². The Morgan fingerprint density at radius 1 is 0.714 bits per heavy atom. The van der Waals surface area contributed by atoms with E-state index >= 15 is 0 Å². The van der Waals surface area contributed by atoms with Crippen LogP contribution in [0.3, 0.4) is 0 Å². The molecule has 0 unspecified atom stereocenters. The van der Waals surface area contributed by atoms with Gasteiger partial charge >= 0.3 is 104 Å². The van der Waals surface area contributed by atoms with Gasteiger partial charge in [0.15, 0.2) is 0 Å². The van der Waals surface area contributed by atoms with Gasteiger partial charge in [-0.1, -0.05) is 0 Å². The predicted octanol–water partition coefficient (Wildman–Crippen LogP) is 0.267. The zero-order chi connectivity index (χ0) is 11.1. The first-order valence-electron chi connectivity index (χ1n) is 5.20. The number of rotatable bonds is 7. The summed E-state index contributed by atoms with van der Waals surface area (Å²) < 4.78 is 2.47. The van der Waals surface area contributed by atoms with Crippen LogP contribution in [-0.4, -0.2) is 76.2 Å². The fraction of sp³-hybridized carbons (Fsp3) is 0.800. The summed E-state index contributed by atoms with van der Waals surface area (Å²) in [6.07, 6.45) is 0. The van der Waals surface area contributed by atoms with Crippen LogP contribution in [0.1, 0.15) is 27.7 Å². The first-order valence-corrected chi connectivity index (χ1v) is 6.91. The second-order valence-electron chi connectivity index (χ2n) is 2.95. The van der Waals surface area contributed by atoms with E-state index in [1.165, 1.54) is 9.08 Å². The van der Waals surface area contributed by atoms with Crippen molar-refractivity contribution in [3.8, 4) is 0 Å². The van der Waals surface area contributed by atoms with Crippen molar-refractivity contribution in [1.82, 2.24) is 9.80 Å². The molecule has 0 aromatic heterocycles. The summed E-state index contributed by atoms with van der Waals surface area (Å²) in [6, 6.07) is 0. The molecule has 0 aliphatic rings. The molecule has 0 amide bonds. The minimum atomic E-state index is 1.05. The van der Waals surface area contributed by atoms with Crippen LogP contribution in [0.5, 0.6) is 0 Å². The Morgan fingerprint density at radius 2 is 0.929 bits per heavy atom. The number of hydrogen-bond acceptors (Lipinski definition) is 2. The Morgan fingerprint density at radius 3 is 1.07 bits per heavy atom. The topological polar surface area (TPSA) is 6.48 Å². The molecule has 0 bridgehead atoms. The number of hydrogen-bond donors (Lipinski definition) is 0. The molecule has 82 valence electrons. The van der Waals surface area contributed by atoms with Crippen LogP contribution in [0, 0.1) is 0 Å². The molecule has 0 fully saturated rings. The van der Waals surface area contributed by atoms with Crippen molar-refractivity contribution < 1.29 is 0 Å². The Balaban J connectivity index is 4.43. The Bertz CT molecular complexity index is 174. The summed E-state index contributed by atoms with van der Waals surface area (Å²) in [4.78, 5) is 4.65. The molecule has 0 saturated heterocycles. The van der Waals surface area contributed by atoms with Gasteiger partial charge in [0.2, 0.25) is 0 Å². The summed E-state index contributed by atoms with van der Waals surface area (Å²) in [5, 5.41) is 0. The SMILES string of the molecule is CCN(CC)C(=[Se])C(=[Se])N(CC)CC. The van der Waals surface area contributed by atoms with Crippen molar-refractivity contribution in [1.29, 1.82) is 0 Å². The molecule has 0 N–H and O–H groups in total. The summed E-state index contributed by atoms with van der Waals surface area (Å²) >= 11 is 6.32. The molecule has 2 nitrogen and oxygen atoms in total. The van der Waals surface area contributed by atoms with Gasteiger partial charge in [-0.15, -0.1) is 0 Å². The molecule has 14 heavy (non-hydrogen) atoms. The monoisotopic (exact) mass is 328 g/mol. The summed E-state index contributed by atoms with van der Waals surface area (Å²) in [6.45, 7) is 12.9. The maximum atomic E-state index is 3.16. The van der Waals surface area contributed by atoms with Crippen LogP contribution in [0.4, 0.5) is 0 Å². The van der Waals surface area contributed by atoms with Gasteiger partial charge < -0.3 is 0 Å². The molecule has 0 aliphatic carbocycles. The van der Waals surface area contributed by atoms with Crippen molar-refractivity contribution in [3.05, 3.63) is 0 Å². The summed E-state index contributed by atoms with van der Waals surface area (Å²) in [5.74, 6) is 0. The van der Waals surface area contributed by atoms with Crippen LogP contribution in [0.2, 0.25) is 0 Å². The summed E-state index contributed by atoms with van der Waals surface area (Å²) in [7, 11) is 0. The van der Waals surface area contributed by atoms with Crippen molar-refractivity contribution >= 4 is 40.2 Å². The Kier molecular flexibility index (Phi) is 7.85. The van der Waals surface area contributed by atoms with E-state index in [0.717, 1.165) is 26.2 Å². The normalized spacial score (nSPS) is 9.71.